The minimum Gasteiger partial charge on any atom is -0.394 e. The van der Waals surface area contributed by atoms with Crippen molar-refractivity contribution < 1.29 is 169 Å². The fraction of sp³-hybridized carbons (Fsp3) is 1.00. The van der Waals surface area contributed by atoms with Gasteiger partial charge in [-0.15, -0.1) is 0 Å². The van der Waals surface area contributed by atoms with Gasteiger partial charge >= 0.3 is 0 Å². The van der Waals surface area contributed by atoms with E-state index >= 15 is 0 Å². The molecule has 7 saturated heterocycles. The van der Waals surface area contributed by atoms with Crippen molar-refractivity contribution in [2.24, 2.45) is 52.3 Å². The summed E-state index contributed by atoms with van der Waals surface area (Å²) in [5, 5.41) is 230. The van der Waals surface area contributed by atoms with Gasteiger partial charge in [-0.05, 0) is 105 Å². The van der Waals surface area contributed by atoms with Crippen LogP contribution in [0.2, 0.25) is 0 Å². The van der Waals surface area contributed by atoms with Crippen molar-refractivity contribution in [3.8, 4) is 0 Å². The molecule has 7 aliphatic heterocycles. The molecule has 11 fully saturated rings. The monoisotopic (exact) mass is 1410 g/mol. The minimum absolute atomic E-state index is 0.0347. The third kappa shape index (κ3) is 14.3. The summed E-state index contributed by atoms with van der Waals surface area (Å²) in [4.78, 5) is 0. The van der Waals surface area contributed by atoms with Gasteiger partial charge in [0.25, 0.3) is 0 Å². The zero-order valence-electron chi connectivity index (χ0n) is 54.9. The molecular weight excluding hydrogens is 1300 g/mol. The van der Waals surface area contributed by atoms with Crippen molar-refractivity contribution in [1.82, 2.24) is 0 Å². The maximum atomic E-state index is 12.2. The molecular formula is C63H106O34. The van der Waals surface area contributed by atoms with Gasteiger partial charge in [0, 0.05) is 12.3 Å². The SMILES string of the molecule is CC(CCC1(O)OC2CC3C4CCC5CC(OC6OC(CO)C(OC7OC(CO)C(O)C(OC8OC(CO)C(O)C(O)C8O)C7OC7OC(CO)C(O)C(OC8OC(CO)C(O)C(O)C8O)C7O)C(O)C6O)C(O)CC5(C)C4CCC3(C)C2C1C)COC1OC(C)C(O)C(O)C1O. The van der Waals surface area contributed by atoms with Crippen LogP contribution >= 0.6 is 0 Å². The molecule has 11 aliphatic rings. The van der Waals surface area contributed by atoms with Crippen LogP contribution in [0, 0.1) is 52.3 Å². The second kappa shape index (κ2) is 30.6. The Morgan fingerprint density at radius 2 is 0.928 bits per heavy atom. The Balaban J connectivity index is 0.755. The molecule has 0 aromatic rings. The predicted molar refractivity (Wildman–Crippen MR) is 317 cm³/mol. The van der Waals surface area contributed by atoms with E-state index in [0.29, 0.717) is 31.6 Å². The van der Waals surface area contributed by atoms with Gasteiger partial charge in [0.05, 0.1) is 64.1 Å². The van der Waals surface area contributed by atoms with Crippen LogP contribution in [0.15, 0.2) is 0 Å². The summed E-state index contributed by atoms with van der Waals surface area (Å²) in [6.07, 6.45) is -51.3. The predicted octanol–water partition coefficient (Wildman–Crippen LogP) is -8.31. The summed E-state index contributed by atoms with van der Waals surface area (Å²) < 4.78 is 77.9. The smallest absolute Gasteiger partial charge is 0.187 e. The topological polar surface area (TPSA) is 545 Å². The lowest BCUT2D eigenvalue weighted by molar-refractivity contribution is -0.412. The molecule has 0 spiro atoms. The standard InChI is InChI=1S/C63H106O34/c1-21(20-85-55-46(79)42(75)37(70)23(3)86-55)8-11-63(84)22(2)36-30(97-63)13-27-25-7-6-24-12-29(28(69)14-62(24,5)26(25)9-10-61(27,36)4)87-56-49(82)45(78)51(35(19-68)92-56)93-60-54(53(41(74)34(18-67)91-60)95-58-48(81)44(77)39(72)32(16-65)89-58)96-59-50(83)52(40(73)33(17-66)90-59)94-57-47(80)43(76)38(71)31(15-64)88-57/h21-60,64-84H,6-20H2,1-5H3. The lowest BCUT2D eigenvalue weighted by atomic mass is 9.44. The van der Waals surface area contributed by atoms with Crippen LogP contribution in [0.4, 0.5) is 0 Å². The van der Waals surface area contributed by atoms with Gasteiger partial charge < -0.3 is 169 Å². The molecule has 34 nitrogen and oxygen atoms in total. The lowest BCUT2D eigenvalue weighted by Gasteiger charge is -2.62. The first kappa shape index (κ1) is 76.8. The van der Waals surface area contributed by atoms with E-state index in [2.05, 4.69) is 20.8 Å². The molecule has 97 heavy (non-hydrogen) atoms. The molecule has 43 unspecified atom stereocenters. The van der Waals surface area contributed by atoms with E-state index in [9.17, 15) is 107 Å². The summed E-state index contributed by atoms with van der Waals surface area (Å²) in [6, 6.07) is 0. The van der Waals surface area contributed by atoms with Gasteiger partial charge in [-0.2, -0.15) is 0 Å². The summed E-state index contributed by atoms with van der Waals surface area (Å²) in [5.74, 6) is -0.736. The maximum absolute atomic E-state index is 12.2. The highest BCUT2D eigenvalue weighted by molar-refractivity contribution is 5.16. The van der Waals surface area contributed by atoms with Gasteiger partial charge in [-0.25, -0.2) is 0 Å². The van der Waals surface area contributed by atoms with E-state index < -0.39 is 235 Å². The fourth-order valence-corrected chi connectivity index (χ4v) is 18.6. The van der Waals surface area contributed by atoms with Crippen LogP contribution in [0.1, 0.15) is 92.4 Å². The molecule has 43 atom stereocenters. The van der Waals surface area contributed by atoms with Gasteiger partial charge in [0.15, 0.2) is 43.5 Å². The second-order valence-electron chi connectivity index (χ2n) is 30.0. The highest BCUT2D eigenvalue weighted by Gasteiger charge is 2.69. The summed E-state index contributed by atoms with van der Waals surface area (Å²) in [5.41, 5.74) is -0.494. The van der Waals surface area contributed by atoms with E-state index in [4.69, 9.17) is 61.6 Å². The second-order valence-corrected chi connectivity index (χ2v) is 30.0. The van der Waals surface area contributed by atoms with E-state index in [0.717, 1.165) is 32.1 Å². The Morgan fingerprint density at radius 3 is 1.53 bits per heavy atom. The summed E-state index contributed by atoms with van der Waals surface area (Å²) in [7, 11) is 0. The zero-order valence-corrected chi connectivity index (χ0v) is 54.9. The van der Waals surface area contributed by atoms with Gasteiger partial charge in [-0.3, -0.25) is 0 Å². The number of hydrogen-bond donors (Lipinski definition) is 21. The first-order valence-corrected chi connectivity index (χ1v) is 34.4. The highest BCUT2D eigenvalue weighted by Crippen LogP contribution is 2.71. The Morgan fingerprint density at radius 1 is 0.443 bits per heavy atom. The van der Waals surface area contributed by atoms with E-state index in [1.54, 1.807) is 6.92 Å². The number of aliphatic hydroxyl groups is 21. The summed E-state index contributed by atoms with van der Waals surface area (Å²) >= 11 is 0. The molecule has 562 valence electrons. The van der Waals surface area contributed by atoms with E-state index in [1.165, 1.54) is 0 Å². The van der Waals surface area contributed by atoms with Crippen LogP contribution in [-0.2, 0) is 61.6 Å². The Kier molecular flexibility index (Phi) is 24.2. The van der Waals surface area contributed by atoms with Crippen molar-refractivity contribution in [3.63, 3.8) is 0 Å². The van der Waals surface area contributed by atoms with E-state index in [1.807, 2.05) is 6.92 Å². The molecule has 0 bridgehead atoms. The third-order valence-electron chi connectivity index (χ3n) is 24.3. The van der Waals surface area contributed by atoms with Crippen molar-refractivity contribution in [1.29, 1.82) is 0 Å². The quantitative estimate of drug-likeness (QED) is 0.0475. The van der Waals surface area contributed by atoms with Crippen LogP contribution < -0.4 is 0 Å². The molecule has 11 rings (SSSR count). The Bertz CT molecular complexity index is 2530. The van der Waals surface area contributed by atoms with Gasteiger partial charge in [-0.1, -0.05) is 27.7 Å². The number of fused-ring (bicyclic) bond motifs is 7. The Labute approximate surface area is 559 Å². The van der Waals surface area contributed by atoms with Crippen LogP contribution in [0.25, 0.3) is 0 Å². The summed E-state index contributed by atoms with van der Waals surface area (Å²) in [6.45, 7) is 5.48. The molecule has 0 aromatic heterocycles. The average molecular weight is 1410 g/mol. The van der Waals surface area contributed by atoms with Crippen molar-refractivity contribution >= 4 is 0 Å². The maximum Gasteiger partial charge on any atom is 0.187 e. The number of ether oxygens (including phenoxy) is 13. The van der Waals surface area contributed by atoms with E-state index in [-0.39, 0.29) is 59.0 Å². The molecule has 0 aromatic carbocycles. The van der Waals surface area contributed by atoms with Crippen LogP contribution in [0.5, 0.6) is 0 Å². The number of aliphatic hydroxyl groups excluding tert-OH is 20. The van der Waals surface area contributed by atoms with Crippen LogP contribution in [0.3, 0.4) is 0 Å². The number of rotatable bonds is 21. The molecule has 21 N–H and O–H groups in total. The molecule has 0 radical (unpaired) electrons. The normalized spacial score (nSPS) is 55.9. The third-order valence-corrected chi connectivity index (χ3v) is 24.3. The van der Waals surface area contributed by atoms with Crippen molar-refractivity contribution in [2.75, 3.05) is 39.6 Å². The van der Waals surface area contributed by atoms with Crippen molar-refractivity contribution in [3.05, 3.63) is 0 Å². The fourth-order valence-electron chi connectivity index (χ4n) is 18.6. The largest absolute Gasteiger partial charge is 0.394 e. The lowest BCUT2D eigenvalue weighted by Crippen LogP contribution is -2.69. The van der Waals surface area contributed by atoms with Gasteiger partial charge in [0.2, 0.25) is 0 Å². The molecule has 4 saturated carbocycles. The zero-order chi connectivity index (χ0) is 70.4. The molecule has 34 heteroatoms. The first-order chi connectivity index (χ1) is 45.9. The van der Waals surface area contributed by atoms with Crippen molar-refractivity contribution in [2.45, 2.75) is 301 Å². The first-order valence-electron chi connectivity index (χ1n) is 34.4. The highest BCUT2D eigenvalue weighted by atomic mass is 16.8. The van der Waals surface area contributed by atoms with Crippen LogP contribution in [-0.4, -0.2) is 355 Å². The molecule has 0 amide bonds. The minimum atomic E-state index is -2.26. The number of hydrogen-bond acceptors (Lipinski definition) is 34. The molecule has 7 heterocycles. The van der Waals surface area contributed by atoms with Gasteiger partial charge in [0.1, 0.15) is 140 Å². The molecule has 4 aliphatic carbocycles. The Hall–Kier alpha value is -1.36. The average Bonchev–Trinajstić information content (AvgIpc) is 1.57.